The minimum atomic E-state index is -1.09. The summed E-state index contributed by atoms with van der Waals surface area (Å²) in [5.41, 5.74) is 8.62. The van der Waals surface area contributed by atoms with Crippen LogP contribution in [0.4, 0.5) is 0 Å². The van der Waals surface area contributed by atoms with Gasteiger partial charge in [0.2, 0.25) is 0 Å². The van der Waals surface area contributed by atoms with E-state index in [0.717, 1.165) is 33.4 Å². The van der Waals surface area contributed by atoms with E-state index in [9.17, 15) is 14.7 Å². The zero-order valence-corrected chi connectivity index (χ0v) is 24.8. The smallest absolute Gasteiger partial charge is 0.326 e. The van der Waals surface area contributed by atoms with Crippen LogP contribution in [0.2, 0.25) is 0 Å². The number of aromatic nitrogens is 2. The first-order valence-electron chi connectivity index (χ1n) is 14.3. The molecule has 0 aliphatic carbocycles. The summed E-state index contributed by atoms with van der Waals surface area (Å²) in [5.74, 6) is -0.925. The molecule has 0 fully saturated rings. The Kier molecular flexibility index (Phi) is 8.48. The molecule has 1 heterocycles. The van der Waals surface area contributed by atoms with Gasteiger partial charge in [-0.15, -0.1) is 0 Å². The molecule has 4 aromatic carbocycles. The second kappa shape index (κ2) is 12.4. The maximum Gasteiger partial charge on any atom is 0.326 e. The van der Waals surface area contributed by atoms with Crippen LogP contribution in [0.15, 0.2) is 109 Å². The summed E-state index contributed by atoms with van der Waals surface area (Å²) in [5, 5.41) is 12.4. The molecule has 5 rings (SSSR count). The number of hydrogen-bond donors (Lipinski definition) is 2. The molecule has 0 aliphatic heterocycles. The van der Waals surface area contributed by atoms with Crippen molar-refractivity contribution in [3.63, 3.8) is 0 Å². The monoisotopic (exact) mass is 569 g/mol. The lowest BCUT2D eigenvalue weighted by Crippen LogP contribution is -2.42. The van der Waals surface area contributed by atoms with Crippen LogP contribution in [0.3, 0.4) is 0 Å². The summed E-state index contributed by atoms with van der Waals surface area (Å²) < 4.78 is 0. The molecule has 0 saturated heterocycles. The molecule has 5 aromatic rings. The number of carbonyl (C=O) groups excluding carboxylic acids is 1. The number of hydrogen-bond acceptors (Lipinski definition) is 4. The number of aliphatic carboxylic acids is 1. The van der Waals surface area contributed by atoms with E-state index in [1.54, 1.807) is 12.1 Å². The molecule has 1 amide bonds. The second-order valence-electron chi connectivity index (χ2n) is 11.8. The number of amides is 1. The van der Waals surface area contributed by atoms with E-state index in [2.05, 4.69) is 91.5 Å². The molecule has 43 heavy (non-hydrogen) atoms. The van der Waals surface area contributed by atoms with Gasteiger partial charge in [-0.05, 0) is 52.3 Å². The van der Waals surface area contributed by atoms with Gasteiger partial charge in [-0.1, -0.05) is 111 Å². The van der Waals surface area contributed by atoms with E-state index >= 15 is 0 Å². The van der Waals surface area contributed by atoms with Gasteiger partial charge in [0.1, 0.15) is 6.04 Å². The predicted octanol–water partition coefficient (Wildman–Crippen LogP) is 7.51. The molecule has 216 valence electrons. The Morgan fingerprint density at radius 1 is 0.744 bits per heavy atom. The van der Waals surface area contributed by atoms with Crippen molar-refractivity contribution >= 4 is 11.9 Å². The Morgan fingerprint density at radius 3 is 1.88 bits per heavy atom. The lowest BCUT2D eigenvalue weighted by Gasteiger charge is -2.19. The Hall–Kier alpha value is -5.10. The van der Waals surface area contributed by atoms with E-state index in [4.69, 9.17) is 0 Å². The Bertz CT molecular complexity index is 1720. The van der Waals surface area contributed by atoms with Crippen LogP contribution in [0.25, 0.3) is 33.6 Å². The van der Waals surface area contributed by atoms with Crippen molar-refractivity contribution in [1.29, 1.82) is 0 Å². The summed E-state index contributed by atoms with van der Waals surface area (Å²) in [6.45, 7) is 8.39. The van der Waals surface area contributed by atoms with Crippen LogP contribution in [-0.4, -0.2) is 33.0 Å². The molecule has 0 spiro atoms. The molecule has 1 aromatic heterocycles. The molecular weight excluding hydrogens is 534 g/mol. The van der Waals surface area contributed by atoms with Gasteiger partial charge in [-0.25, -0.2) is 14.8 Å². The van der Waals surface area contributed by atoms with Crippen LogP contribution >= 0.6 is 0 Å². The first-order chi connectivity index (χ1) is 20.6. The van der Waals surface area contributed by atoms with Crippen LogP contribution < -0.4 is 5.32 Å². The first kappa shape index (κ1) is 29.4. The number of nitrogens with zero attached hydrogens (tertiary/aromatic N) is 2. The normalized spacial score (nSPS) is 12.0. The number of carboxylic acids is 1. The summed E-state index contributed by atoms with van der Waals surface area (Å²) in [6, 6.07) is 30.4. The minimum absolute atomic E-state index is 0.0354. The van der Waals surface area contributed by atoms with Crippen LogP contribution in [0, 0.1) is 6.92 Å². The van der Waals surface area contributed by atoms with Crippen molar-refractivity contribution in [3.05, 3.63) is 132 Å². The van der Waals surface area contributed by atoms with E-state index < -0.39 is 17.9 Å². The highest BCUT2D eigenvalue weighted by Crippen LogP contribution is 2.26. The number of rotatable bonds is 8. The second-order valence-corrected chi connectivity index (χ2v) is 11.8. The third-order valence-electron chi connectivity index (χ3n) is 7.49. The fourth-order valence-corrected chi connectivity index (χ4v) is 4.89. The van der Waals surface area contributed by atoms with E-state index in [0.29, 0.717) is 11.4 Å². The molecule has 1 unspecified atom stereocenters. The summed E-state index contributed by atoms with van der Waals surface area (Å²) in [6.07, 6.45) is 3.77. The first-order valence-corrected chi connectivity index (χ1v) is 14.3. The predicted molar refractivity (Wildman–Crippen MR) is 171 cm³/mol. The fourth-order valence-electron chi connectivity index (χ4n) is 4.89. The minimum Gasteiger partial charge on any atom is -0.480 e. The van der Waals surface area contributed by atoms with Crippen molar-refractivity contribution in [2.24, 2.45) is 0 Å². The van der Waals surface area contributed by atoms with Gasteiger partial charge in [0.25, 0.3) is 5.91 Å². The summed E-state index contributed by atoms with van der Waals surface area (Å²) in [4.78, 5) is 33.9. The number of aryl methyl sites for hydroxylation is 1. The van der Waals surface area contributed by atoms with Gasteiger partial charge in [0.05, 0.1) is 0 Å². The van der Waals surface area contributed by atoms with Crippen LogP contribution in [0.5, 0.6) is 0 Å². The molecule has 0 aliphatic rings. The average molecular weight is 570 g/mol. The van der Waals surface area contributed by atoms with Crippen molar-refractivity contribution < 1.29 is 14.7 Å². The standard InChI is InChI=1S/C37H35N3O3/c1-24-6-5-7-30(20-24)26-12-14-27(15-13-26)31-22-38-34(39-23-31)28-10-8-25(9-11-28)21-33(36(42)43)40-35(41)29-16-18-32(19-17-29)37(2,3)4/h5-20,22-23,33H,21H2,1-4H3,(H,40,41)(H,42,43). The number of nitrogens with one attached hydrogen (secondary N) is 1. The van der Waals surface area contributed by atoms with E-state index in [1.807, 2.05) is 48.8 Å². The molecule has 0 bridgehead atoms. The van der Waals surface area contributed by atoms with Gasteiger partial charge < -0.3 is 10.4 Å². The largest absolute Gasteiger partial charge is 0.480 e. The number of benzene rings is 4. The molecule has 6 nitrogen and oxygen atoms in total. The highest BCUT2D eigenvalue weighted by molar-refractivity contribution is 5.96. The molecule has 2 N–H and O–H groups in total. The van der Waals surface area contributed by atoms with Crippen molar-refractivity contribution in [1.82, 2.24) is 15.3 Å². The molecule has 0 radical (unpaired) electrons. The summed E-state index contributed by atoms with van der Waals surface area (Å²) >= 11 is 0. The number of carbonyl (C=O) groups is 2. The van der Waals surface area contributed by atoms with Gasteiger partial charge in [-0.3, -0.25) is 4.79 Å². The van der Waals surface area contributed by atoms with Gasteiger partial charge >= 0.3 is 5.97 Å². The quantitative estimate of drug-likeness (QED) is 0.202. The topological polar surface area (TPSA) is 92.2 Å². The van der Waals surface area contributed by atoms with Crippen LogP contribution in [-0.2, 0) is 16.6 Å². The summed E-state index contributed by atoms with van der Waals surface area (Å²) in [7, 11) is 0. The van der Waals surface area contributed by atoms with Gasteiger partial charge in [0, 0.05) is 35.5 Å². The average Bonchev–Trinajstić information content (AvgIpc) is 3.01. The maximum absolute atomic E-state index is 12.8. The third-order valence-corrected chi connectivity index (χ3v) is 7.49. The van der Waals surface area contributed by atoms with Crippen molar-refractivity contribution in [2.45, 2.75) is 45.6 Å². The Morgan fingerprint density at radius 2 is 1.33 bits per heavy atom. The highest BCUT2D eigenvalue weighted by Gasteiger charge is 2.22. The molecular formula is C37H35N3O3. The molecule has 0 saturated carbocycles. The third kappa shape index (κ3) is 7.22. The van der Waals surface area contributed by atoms with Crippen LogP contribution in [0.1, 0.15) is 47.8 Å². The Balaban J connectivity index is 1.23. The van der Waals surface area contributed by atoms with Gasteiger partial charge in [0.15, 0.2) is 5.82 Å². The lowest BCUT2D eigenvalue weighted by atomic mass is 9.86. The Labute approximate surface area is 252 Å². The van der Waals surface area contributed by atoms with Crippen molar-refractivity contribution in [2.75, 3.05) is 0 Å². The number of carboxylic acid groups (broad SMARTS) is 1. The fraction of sp³-hybridized carbons (Fsp3) is 0.189. The molecule has 6 heteroatoms. The maximum atomic E-state index is 12.8. The van der Waals surface area contributed by atoms with E-state index in [-0.39, 0.29) is 11.8 Å². The zero-order chi connectivity index (χ0) is 30.6. The lowest BCUT2D eigenvalue weighted by molar-refractivity contribution is -0.139. The SMILES string of the molecule is Cc1cccc(-c2ccc(-c3cnc(-c4ccc(CC(NC(=O)c5ccc(C(C)(C)C)cc5)C(=O)O)cc4)nc3)cc2)c1. The van der Waals surface area contributed by atoms with E-state index in [1.165, 1.54) is 11.1 Å². The van der Waals surface area contributed by atoms with Gasteiger partial charge in [-0.2, -0.15) is 0 Å². The zero-order valence-electron chi connectivity index (χ0n) is 24.8. The van der Waals surface area contributed by atoms with Crippen molar-refractivity contribution in [3.8, 4) is 33.6 Å². The molecule has 1 atom stereocenters. The highest BCUT2D eigenvalue weighted by atomic mass is 16.4.